The zero-order valence-electron chi connectivity index (χ0n) is 16.8. The molecule has 0 unspecified atom stereocenters. The van der Waals surface area contributed by atoms with Gasteiger partial charge < -0.3 is 20.1 Å². The van der Waals surface area contributed by atoms with E-state index in [4.69, 9.17) is 9.47 Å². The van der Waals surface area contributed by atoms with E-state index in [1.165, 1.54) is 16.4 Å². The van der Waals surface area contributed by atoms with Crippen LogP contribution >= 0.6 is 0 Å². The minimum Gasteiger partial charge on any atom is -0.379 e. The van der Waals surface area contributed by atoms with E-state index in [0.29, 0.717) is 39.3 Å². The van der Waals surface area contributed by atoms with Crippen LogP contribution in [0.3, 0.4) is 0 Å². The van der Waals surface area contributed by atoms with Crippen molar-refractivity contribution in [3.63, 3.8) is 0 Å². The van der Waals surface area contributed by atoms with Crippen molar-refractivity contribution >= 4 is 21.8 Å². The molecule has 2 amide bonds. The van der Waals surface area contributed by atoms with Crippen LogP contribution in [-0.2, 0) is 29.1 Å². The molecule has 3 rings (SSSR count). The molecule has 166 valence electrons. The maximum atomic E-state index is 12.9. The number of amides is 2. The number of carbonyl (C=O) groups excluding carboxylic acids is 2. The van der Waals surface area contributed by atoms with E-state index in [-0.39, 0.29) is 18.0 Å². The highest BCUT2D eigenvalue weighted by atomic mass is 32.2. The molecule has 10 nitrogen and oxygen atoms in total. The van der Waals surface area contributed by atoms with Gasteiger partial charge in [-0.05, 0) is 18.6 Å². The summed E-state index contributed by atoms with van der Waals surface area (Å²) < 4.78 is 37.9. The molecule has 2 aliphatic rings. The topological polar surface area (TPSA) is 117 Å². The number of carbonyl (C=O) groups is 2. The standard InChI is InChI=1S/C19H28N4O6S/c24-18(20-7-9-22-10-13-28-14-11-22)19(25)21-15-17-23(8-4-12-29-17)30(26,27)16-5-2-1-3-6-16/h1-3,5-6,17H,4,7-15H2,(H,20,24)(H,21,25)/t17-/m1/s1. The van der Waals surface area contributed by atoms with Gasteiger partial charge in [0.1, 0.15) is 6.23 Å². The molecule has 0 bridgehead atoms. The first-order valence-electron chi connectivity index (χ1n) is 10.0. The number of hydrogen-bond donors (Lipinski definition) is 2. The van der Waals surface area contributed by atoms with E-state index in [1.54, 1.807) is 18.2 Å². The Bertz CT molecular complexity index is 814. The highest BCUT2D eigenvalue weighted by molar-refractivity contribution is 7.89. The Morgan fingerprint density at radius 2 is 1.70 bits per heavy atom. The quantitative estimate of drug-likeness (QED) is 0.522. The summed E-state index contributed by atoms with van der Waals surface area (Å²) in [4.78, 5) is 26.4. The lowest BCUT2D eigenvalue weighted by atomic mass is 10.3. The van der Waals surface area contributed by atoms with Gasteiger partial charge in [-0.3, -0.25) is 14.5 Å². The molecule has 0 aliphatic carbocycles. The van der Waals surface area contributed by atoms with Gasteiger partial charge in [-0.2, -0.15) is 4.31 Å². The molecule has 30 heavy (non-hydrogen) atoms. The van der Waals surface area contributed by atoms with Crippen molar-refractivity contribution in [2.75, 3.05) is 59.1 Å². The fourth-order valence-electron chi connectivity index (χ4n) is 3.32. The molecule has 2 fully saturated rings. The van der Waals surface area contributed by atoms with Gasteiger partial charge in [0.05, 0.1) is 31.3 Å². The van der Waals surface area contributed by atoms with Crippen molar-refractivity contribution in [3.8, 4) is 0 Å². The third-order valence-electron chi connectivity index (χ3n) is 4.96. The van der Waals surface area contributed by atoms with Gasteiger partial charge in [0.25, 0.3) is 0 Å². The van der Waals surface area contributed by atoms with Gasteiger partial charge in [-0.1, -0.05) is 18.2 Å². The summed E-state index contributed by atoms with van der Waals surface area (Å²) in [7, 11) is -3.77. The van der Waals surface area contributed by atoms with Crippen LogP contribution in [0.1, 0.15) is 6.42 Å². The summed E-state index contributed by atoms with van der Waals surface area (Å²) in [5.74, 6) is -1.57. The van der Waals surface area contributed by atoms with Crippen LogP contribution < -0.4 is 10.6 Å². The van der Waals surface area contributed by atoms with E-state index in [1.807, 2.05) is 0 Å². The summed E-state index contributed by atoms with van der Waals surface area (Å²) >= 11 is 0. The fourth-order valence-corrected chi connectivity index (χ4v) is 4.91. The Balaban J connectivity index is 1.49. The van der Waals surface area contributed by atoms with Crippen LogP contribution in [0.5, 0.6) is 0 Å². The smallest absolute Gasteiger partial charge is 0.309 e. The monoisotopic (exact) mass is 440 g/mol. The molecule has 1 aromatic carbocycles. The number of ether oxygens (including phenoxy) is 2. The number of morpholine rings is 1. The SMILES string of the molecule is O=C(NCCN1CCOCC1)C(=O)NC[C@H]1OCCCN1S(=O)(=O)c1ccccc1. The number of nitrogens with zero attached hydrogens (tertiary/aromatic N) is 2. The molecule has 0 aromatic heterocycles. The lowest BCUT2D eigenvalue weighted by Crippen LogP contribution is -2.53. The van der Waals surface area contributed by atoms with Gasteiger partial charge in [-0.25, -0.2) is 8.42 Å². The van der Waals surface area contributed by atoms with Crippen molar-refractivity contribution in [1.82, 2.24) is 19.8 Å². The normalized spacial score (nSPS) is 21.1. The highest BCUT2D eigenvalue weighted by Crippen LogP contribution is 2.21. The number of nitrogens with one attached hydrogen (secondary N) is 2. The maximum absolute atomic E-state index is 12.9. The van der Waals surface area contributed by atoms with Gasteiger partial charge in [0.15, 0.2) is 0 Å². The molecule has 1 aromatic rings. The van der Waals surface area contributed by atoms with Crippen LogP contribution in [-0.4, -0.2) is 94.8 Å². The molecule has 0 saturated carbocycles. The van der Waals surface area contributed by atoms with Crippen molar-refractivity contribution < 1.29 is 27.5 Å². The van der Waals surface area contributed by atoms with E-state index in [9.17, 15) is 18.0 Å². The molecule has 2 aliphatic heterocycles. The molecular weight excluding hydrogens is 412 g/mol. The molecule has 2 N–H and O–H groups in total. The van der Waals surface area contributed by atoms with Crippen LogP contribution in [0, 0.1) is 0 Å². The zero-order chi connectivity index (χ0) is 21.4. The van der Waals surface area contributed by atoms with Crippen molar-refractivity contribution in [3.05, 3.63) is 30.3 Å². The number of rotatable bonds is 7. The number of benzene rings is 1. The first-order chi connectivity index (χ1) is 14.5. The lowest BCUT2D eigenvalue weighted by molar-refractivity contribution is -0.140. The average molecular weight is 441 g/mol. The molecule has 11 heteroatoms. The Morgan fingerprint density at radius 1 is 1.00 bits per heavy atom. The highest BCUT2D eigenvalue weighted by Gasteiger charge is 2.34. The van der Waals surface area contributed by atoms with Crippen LogP contribution in [0.15, 0.2) is 35.2 Å². The third-order valence-corrected chi connectivity index (χ3v) is 6.87. The van der Waals surface area contributed by atoms with Crippen molar-refractivity contribution in [2.24, 2.45) is 0 Å². The first-order valence-corrected chi connectivity index (χ1v) is 11.5. The summed E-state index contributed by atoms with van der Waals surface area (Å²) in [6.07, 6.45) is -0.313. The minimum absolute atomic E-state index is 0.109. The third kappa shape index (κ3) is 5.99. The molecule has 0 radical (unpaired) electrons. The molecule has 2 heterocycles. The molecule has 0 spiro atoms. The summed E-state index contributed by atoms with van der Waals surface area (Å²) in [6.45, 7) is 4.46. The summed E-state index contributed by atoms with van der Waals surface area (Å²) in [6, 6.07) is 8.07. The molecular formula is C19H28N4O6S. The second-order valence-corrected chi connectivity index (χ2v) is 8.92. The molecule has 1 atom stereocenters. The Hall–Kier alpha value is -2.05. The molecule has 2 saturated heterocycles. The number of sulfonamides is 1. The van der Waals surface area contributed by atoms with Crippen LogP contribution in [0.2, 0.25) is 0 Å². The second-order valence-electron chi connectivity index (χ2n) is 7.03. The average Bonchev–Trinajstić information content (AvgIpc) is 2.79. The maximum Gasteiger partial charge on any atom is 0.309 e. The van der Waals surface area contributed by atoms with E-state index in [2.05, 4.69) is 15.5 Å². The predicted molar refractivity (Wildman–Crippen MR) is 108 cm³/mol. The van der Waals surface area contributed by atoms with Crippen LogP contribution in [0.25, 0.3) is 0 Å². The predicted octanol–water partition coefficient (Wildman–Crippen LogP) is -1.01. The van der Waals surface area contributed by atoms with Crippen molar-refractivity contribution in [2.45, 2.75) is 17.5 Å². The van der Waals surface area contributed by atoms with Gasteiger partial charge in [-0.15, -0.1) is 0 Å². The first kappa shape index (κ1) is 22.6. The Labute approximate surface area is 176 Å². The van der Waals surface area contributed by atoms with Gasteiger partial charge in [0, 0.05) is 32.7 Å². The summed E-state index contributed by atoms with van der Waals surface area (Å²) in [5, 5.41) is 5.06. The lowest BCUT2D eigenvalue weighted by Gasteiger charge is -2.34. The zero-order valence-corrected chi connectivity index (χ0v) is 17.6. The van der Waals surface area contributed by atoms with E-state index in [0.717, 1.165) is 13.1 Å². The van der Waals surface area contributed by atoms with Crippen LogP contribution in [0.4, 0.5) is 0 Å². The minimum atomic E-state index is -3.77. The Morgan fingerprint density at radius 3 is 2.43 bits per heavy atom. The Kier molecular flexibility index (Phi) is 8.16. The van der Waals surface area contributed by atoms with E-state index < -0.39 is 28.1 Å². The van der Waals surface area contributed by atoms with Gasteiger partial charge in [0.2, 0.25) is 10.0 Å². The number of hydrogen-bond acceptors (Lipinski definition) is 7. The largest absolute Gasteiger partial charge is 0.379 e. The summed E-state index contributed by atoms with van der Waals surface area (Å²) in [5.41, 5.74) is 0. The van der Waals surface area contributed by atoms with E-state index >= 15 is 0 Å². The van der Waals surface area contributed by atoms with Crippen molar-refractivity contribution in [1.29, 1.82) is 0 Å². The second kappa shape index (κ2) is 10.8. The van der Waals surface area contributed by atoms with Gasteiger partial charge >= 0.3 is 11.8 Å². The fraction of sp³-hybridized carbons (Fsp3) is 0.579.